The average molecular weight is 356 g/mol. The maximum atomic E-state index is 12.4. The van der Waals surface area contributed by atoms with E-state index in [1.165, 1.54) is 0 Å². The summed E-state index contributed by atoms with van der Waals surface area (Å²) in [4.78, 5) is 23.4. The Hall–Kier alpha value is -1.95. The quantitative estimate of drug-likeness (QED) is 0.819. The van der Waals surface area contributed by atoms with E-state index in [-0.39, 0.29) is 24.7 Å². The summed E-state index contributed by atoms with van der Waals surface area (Å²) in [5.41, 5.74) is -0.135. The molecule has 1 amide bonds. The van der Waals surface area contributed by atoms with E-state index in [0.717, 1.165) is 0 Å². The molecule has 1 aromatic rings. The highest BCUT2D eigenvalue weighted by molar-refractivity contribution is 6.32. The number of benzene rings is 1. The van der Waals surface area contributed by atoms with Crippen LogP contribution in [-0.4, -0.2) is 35.7 Å². The van der Waals surface area contributed by atoms with Gasteiger partial charge in [0.2, 0.25) is 5.91 Å². The van der Waals surface area contributed by atoms with Crippen molar-refractivity contribution in [1.29, 1.82) is 0 Å². The molecule has 1 aliphatic heterocycles. The van der Waals surface area contributed by atoms with E-state index >= 15 is 0 Å². The van der Waals surface area contributed by atoms with Crippen LogP contribution in [0.15, 0.2) is 12.1 Å². The van der Waals surface area contributed by atoms with Crippen molar-refractivity contribution in [2.75, 3.05) is 13.2 Å². The number of carboxylic acids is 1. The Morgan fingerprint density at radius 2 is 2.00 bits per heavy atom. The number of carbonyl (C=O) groups excluding carboxylic acids is 1. The third kappa shape index (κ3) is 4.32. The van der Waals surface area contributed by atoms with Crippen molar-refractivity contribution in [3.8, 4) is 11.5 Å². The molecule has 7 heteroatoms. The topological polar surface area (TPSA) is 84.9 Å². The molecule has 132 valence electrons. The van der Waals surface area contributed by atoms with E-state index in [2.05, 4.69) is 5.32 Å². The summed E-state index contributed by atoms with van der Waals surface area (Å²) >= 11 is 6.17. The van der Waals surface area contributed by atoms with Crippen LogP contribution in [0.3, 0.4) is 0 Å². The van der Waals surface area contributed by atoms with Crippen molar-refractivity contribution < 1.29 is 24.2 Å². The molecule has 0 radical (unpaired) electrons. The van der Waals surface area contributed by atoms with Gasteiger partial charge < -0.3 is 19.9 Å². The molecule has 1 atom stereocenters. The SMILES string of the molecule is CC(C)C(C)(CC(=O)O)NC(=O)Cc1cc(Cl)c2c(c1)OCCO2. The summed E-state index contributed by atoms with van der Waals surface area (Å²) in [6.07, 6.45) is -0.0589. The highest BCUT2D eigenvalue weighted by Gasteiger charge is 2.32. The number of rotatable bonds is 6. The second-order valence-corrected chi connectivity index (χ2v) is 6.88. The first-order chi connectivity index (χ1) is 11.2. The lowest BCUT2D eigenvalue weighted by molar-refractivity contribution is -0.139. The van der Waals surface area contributed by atoms with Crippen LogP contribution in [0, 0.1) is 5.92 Å². The Morgan fingerprint density at radius 3 is 2.62 bits per heavy atom. The predicted octanol–water partition coefficient (Wildman–Crippen LogP) is 2.66. The monoisotopic (exact) mass is 355 g/mol. The summed E-state index contributed by atoms with van der Waals surface area (Å²) < 4.78 is 10.9. The minimum Gasteiger partial charge on any atom is -0.486 e. The van der Waals surface area contributed by atoms with Gasteiger partial charge in [0, 0.05) is 5.54 Å². The van der Waals surface area contributed by atoms with Gasteiger partial charge in [0.05, 0.1) is 17.9 Å². The normalized spacial score (nSPS) is 15.7. The fourth-order valence-electron chi connectivity index (χ4n) is 2.52. The van der Waals surface area contributed by atoms with Crippen LogP contribution in [0.2, 0.25) is 5.02 Å². The highest BCUT2D eigenvalue weighted by atomic mass is 35.5. The lowest BCUT2D eigenvalue weighted by Crippen LogP contribution is -2.51. The Morgan fingerprint density at radius 1 is 1.33 bits per heavy atom. The molecule has 24 heavy (non-hydrogen) atoms. The largest absolute Gasteiger partial charge is 0.486 e. The summed E-state index contributed by atoms with van der Waals surface area (Å²) in [6.45, 7) is 6.37. The molecular formula is C17H22ClNO5. The minimum absolute atomic E-state index is 0.0265. The fraction of sp³-hybridized carbons (Fsp3) is 0.529. The third-order valence-corrected chi connectivity index (χ3v) is 4.52. The first-order valence-electron chi connectivity index (χ1n) is 7.82. The van der Waals surface area contributed by atoms with Crippen LogP contribution in [0.4, 0.5) is 0 Å². The molecule has 1 aliphatic rings. The van der Waals surface area contributed by atoms with Gasteiger partial charge in [-0.05, 0) is 30.5 Å². The zero-order valence-corrected chi connectivity index (χ0v) is 14.8. The molecule has 0 aromatic heterocycles. The van der Waals surface area contributed by atoms with E-state index in [4.69, 9.17) is 26.2 Å². The number of fused-ring (bicyclic) bond motifs is 1. The van der Waals surface area contributed by atoms with Crippen LogP contribution >= 0.6 is 11.6 Å². The third-order valence-electron chi connectivity index (χ3n) is 4.24. The van der Waals surface area contributed by atoms with Crippen molar-refractivity contribution >= 4 is 23.5 Å². The van der Waals surface area contributed by atoms with E-state index in [1.807, 2.05) is 13.8 Å². The van der Waals surface area contributed by atoms with E-state index in [1.54, 1.807) is 19.1 Å². The number of aliphatic carboxylic acids is 1. The lowest BCUT2D eigenvalue weighted by Gasteiger charge is -2.33. The summed E-state index contributed by atoms with van der Waals surface area (Å²) in [5, 5.41) is 12.3. The zero-order chi connectivity index (χ0) is 17.9. The molecule has 1 unspecified atom stereocenters. The molecule has 0 saturated carbocycles. The molecule has 0 fully saturated rings. The first kappa shape index (κ1) is 18.4. The highest BCUT2D eigenvalue weighted by Crippen LogP contribution is 2.38. The van der Waals surface area contributed by atoms with E-state index in [9.17, 15) is 9.59 Å². The maximum Gasteiger partial charge on any atom is 0.305 e. The van der Waals surface area contributed by atoms with Crippen LogP contribution in [-0.2, 0) is 16.0 Å². The fourth-order valence-corrected chi connectivity index (χ4v) is 2.81. The molecule has 2 N–H and O–H groups in total. The number of hydrogen-bond donors (Lipinski definition) is 2. The van der Waals surface area contributed by atoms with E-state index < -0.39 is 11.5 Å². The van der Waals surface area contributed by atoms with Crippen molar-refractivity contribution in [3.05, 3.63) is 22.7 Å². The molecule has 0 saturated heterocycles. The molecule has 6 nitrogen and oxygen atoms in total. The lowest BCUT2D eigenvalue weighted by atomic mass is 9.85. The number of nitrogens with one attached hydrogen (secondary N) is 1. The van der Waals surface area contributed by atoms with Gasteiger partial charge in [0.25, 0.3) is 0 Å². The van der Waals surface area contributed by atoms with Gasteiger partial charge in [0.15, 0.2) is 11.5 Å². The Bertz CT molecular complexity index is 646. The predicted molar refractivity (Wildman–Crippen MR) is 89.8 cm³/mol. The van der Waals surface area contributed by atoms with Gasteiger partial charge >= 0.3 is 5.97 Å². The summed E-state index contributed by atoms with van der Waals surface area (Å²) in [7, 11) is 0. The van der Waals surface area contributed by atoms with Gasteiger partial charge in [-0.1, -0.05) is 25.4 Å². The zero-order valence-electron chi connectivity index (χ0n) is 14.0. The van der Waals surface area contributed by atoms with Crippen molar-refractivity contribution in [3.63, 3.8) is 0 Å². The standard InChI is InChI=1S/C17H22ClNO5/c1-10(2)17(3,9-15(21)22)19-14(20)8-11-6-12(18)16-13(7-11)23-4-5-24-16/h6-7,10H,4-5,8-9H2,1-3H3,(H,19,20)(H,21,22). The Kier molecular flexibility index (Phi) is 5.59. The number of ether oxygens (including phenoxy) is 2. The van der Waals surface area contributed by atoms with Crippen molar-refractivity contribution in [1.82, 2.24) is 5.32 Å². The molecular weight excluding hydrogens is 334 g/mol. The number of hydrogen-bond acceptors (Lipinski definition) is 4. The van der Waals surface area contributed by atoms with Crippen LogP contribution in [0.1, 0.15) is 32.8 Å². The molecule has 0 spiro atoms. The number of carbonyl (C=O) groups is 2. The summed E-state index contributed by atoms with van der Waals surface area (Å²) in [6, 6.07) is 3.39. The van der Waals surface area contributed by atoms with Crippen molar-refractivity contribution in [2.24, 2.45) is 5.92 Å². The Labute approximate surface area is 146 Å². The molecule has 0 aliphatic carbocycles. The Balaban J connectivity index is 2.11. The molecule has 2 rings (SSSR count). The second kappa shape index (κ2) is 7.30. The average Bonchev–Trinajstić information content (AvgIpc) is 2.45. The number of carboxylic acid groups (broad SMARTS) is 1. The van der Waals surface area contributed by atoms with Crippen LogP contribution < -0.4 is 14.8 Å². The van der Waals surface area contributed by atoms with Gasteiger partial charge in [-0.25, -0.2) is 0 Å². The first-order valence-corrected chi connectivity index (χ1v) is 8.20. The molecule has 0 bridgehead atoms. The smallest absolute Gasteiger partial charge is 0.305 e. The van der Waals surface area contributed by atoms with Gasteiger partial charge in [-0.3, -0.25) is 9.59 Å². The number of halogens is 1. The minimum atomic E-state index is -0.950. The number of amides is 1. The molecule has 1 heterocycles. The molecule has 1 aromatic carbocycles. The summed E-state index contributed by atoms with van der Waals surface area (Å²) in [5.74, 6) is -0.228. The van der Waals surface area contributed by atoms with Crippen LogP contribution in [0.25, 0.3) is 0 Å². The van der Waals surface area contributed by atoms with Gasteiger partial charge in [0.1, 0.15) is 13.2 Å². The van der Waals surface area contributed by atoms with Gasteiger partial charge in [-0.2, -0.15) is 0 Å². The van der Waals surface area contributed by atoms with Crippen LogP contribution in [0.5, 0.6) is 11.5 Å². The van der Waals surface area contributed by atoms with Gasteiger partial charge in [-0.15, -0.1) is 0 Å². The van der Waals surface area contributed by atoms with E-state index in [0.29, 0.717) is 35.3 Å². The van der Waals surface area contributed by atoms with Crippen molar-refractivity contribution in [2.45, 2.75) is 39.2 Å². The maximum absolute atomic E-state index is 12.4. The second-order valence-electron chi connectivity index (χ2n) is 6.47.